The van der Waals surface area contributed by atoms with Crippen LogP contribution >= 0.6 is 22.6 Å². The van der Waals surface area contributed by atoms with E-state index in [-0.39, 0.29) is 6.09 Å². The van der Waals surface area contributed by atoms with Gasteiger partial charge in [-0.1, -0.05) is 78.9 Å². The highest BCUT2D eigenvalue weighted by Gasteiger charge is 2.24. The first-order valence-corrected chi connectivity index (χ1v) is 12.7. The van der Waals surface area contributed by atoms with Gasteiger partial charge >= 0.3 is 6.09 Å². The average molecular weight is 566 g/mol. The Morgan fingerprint density at radius 3 is 1.94 bits per heavy atom. The summed E-state index contributed by atoms with van der Waals surface area (Å²) in [5, 5.41) is 1.11. The van der Waals surface area contributed by atoms with Crippen molar-refractivity contribution in [2.24, 2.45) is 0 Å². The second-order valence-electron chi connectivity index (χ2n) is 9.53. The highest BCUT2D eigenvalue weighted by molar-refractivity contribution is 14.1. The fourth-order valence-electron chi connectivity index (χ4n) is 4.17. The summed E-state index contributed by atoms with van der Waals surface area (Å²) in [5.41, 5.74) is 4.13. The monoisotopic (exact) mass is 566 g/mol. The highest BCUT2D eigenvalue weighted by atomic mass is 127. The number of hydrogen-bond acceptors (Lipinski definition) is 3. The highest BCUT2D eigenvalue weighted by Crippen LogP contribution is 2.29. The zero-order chi connectivity index (χ0) is 24.1. The van der Waals surface area contributed by atoms with Gasteiger partial charge < -0.3 is 4.74 Å². The minimum Gasteiger partial charge on any atom is -0.443 e. The van der Waals surface area contributed by atoms with Crippen LogP contribution in [-0.2, 0) is 24.2 Å². The number of aromatic nitrogens is 1. The van der Waals surface area contributed by atoms with Crippen LogP contribution in [0.5, 0.6) is 0 Å². The van der Waals surface area contributed by atoms with Gasteiger partial charge in [-0.15, -0.1) is 0 Å². The lowest BCUT2D eigenvalue weighted by molar-refractivity contribution is 0.0540. The predicted octanol–water partition coefficient (Wildman–Crippen LogP) is 7.27. The molecule has 0 bridgehead atoms. The molecule has 0 radical (unpaired) electrons. The van der Waals surface area contributed by atoms with Crippen molar-refractivity contribution in [1.82, 2.24) is 9.47 Å². The lowest BCUT2D eigenvalue weighted by Gasteiger charge is -2.23. The summed E-state index contributed by atoms with van der Waals surface area (Å²) in [6, 6.07) is 29.3. The van der Waals surface area contributed by atoms with Crippen LogP contribution < -0.4 is 0 Å². The molecule has 0 atom stereocenters. The summed E-state index contributed by atoms with van der Waals surface area (Å²) >= 11 is 2.30. The minimum absolute atomic E-state index is 0.329. The van der Waals surface area contributed by atoms with E-state index in [4.69, 9.17) is 4.74 Å². The molecule has 4 rings (SSSR count). The standard InChI is InChI=1S/C29H31IN2O2/c1-29(2,3)34-28(33)32-26-17-11-10-16-24(26)25(27(32)30)18-19-31(20-22-12-6-4-7-13-22)21-23-14-8-5-9-15-23/h4-17H,18-21H2,1-3H3. The Bertz CT molecular complexity index is 1200. The number of para-hydroxylation sites is 1. The molecule has 3 aromatic carbocycles. The maximum absolute atomic E-state index is 13.1. The van der Waals surface area contributed by atoms with E-state index in [2.05, 4.69) is 94.2 Å². The van der Waals surface area contributed by atoms with Crippen LogP contribution in [-0.4, -0.2) is 27.7 Å². The second kappa shape index (κ2) is 10.7. The Morgan fingerprint density at radius 2 is 1.38 bits per heavy atom. The number of nitrogens with zero attached hydrogens (tertiary/aromatic N) is 2. The van der Waals surface area contributed by atoms with Gasteiger partial charge in [0.1, 0.15) is 5.60 Å². The van der Waals surface area contributed by atoms with Crippen molar-refractivity contribution in [3.8, 4) is 0 Å². The number of halogens is 1. The number of rotatable bonds is 7. The van der Waals surface area contributed by atoms with Gasteiger partial charge in [-0.05, 0) is 72.5 Å². The Balaban J connectivity index is 1.62. The van der Waals surface area contributed by atoms with Gasteiger partial charge in [0.15, 0.2) is 0 Å². The second-order valence-corrected chi connectivity index (χ2v) is 10.6. The van der Waals surface area contributed by atoms with E-state index in [9.17, 15) is 4.79 Å². The summed E-state index contributed by atoms with van der Waals surface area (Å²) in [7, 11) is 0. The van der Waals surface area contributed by atoms with Gasteiger partial charge in [0.25, 0.3) is 0 Å². The first-order chi connectivity index (χ1) is 16.3. The molecule has 176 valence electrons. The largest absolute Gasteiger partial charge is 0.443 e. The molecule has 0 aliphatic heterocycles. The first kappa shape index (κ1) is 24.5. The summed E-state index contributed by atoms with van der Waals surface area (Å²) in [4.78, 5) is 15.5. The fourth-order valence-corrected chi connectivity index (χ4v) is 5.18. The summed E-state index contributed by atoms with van der Waals surface area (Å²) < 4.78 is 8.36. The minimum atomic E-state index is -0.548. The van der Waals surface area contributed by atoms with E-state index in [1.165, 1.54) is 16.7 Å². The van der Waals surface area contributed by atoms with Gasteiger partial charge in [0, 0.05) is 25.0 Å². The van der Waals surface area contributed by atoms with Gasteiger partial charge in [0.2, 0.25) is 0 Å². The molecular weight excluding hydrogens is 535 g/mol. The normalized spacial score (nSPS) is 11.8. The Labute approximate surface area is 215 Å². The van der Waals surface area contributed by atoms with Crippen LogP contribution in [0.15, 0.2) is 84.9 Å². The number of hydrogen-bond donors (Lipinski definition) is 0. The van der Waals surface area contributed by atoms with Crippen LogP contribution in [0.1, 0.15) is 37.5 Å². The molecule has 1 aromatic heterocycles. The van der Waals surface area contributed by atoms with Crippen molar-refractivity contribution >= 4 is 39.6 Å². The SMILES string of the molecule is CC(C)(C)OC(=O)n1c(I)c(CCN(Cc2ccccc2)Cc2ccccc2)c2ccccc21. The van der Waals surface area contributed by atoms with Crippen molar-refractivity contribution in [1.29, 1.82) is 0 Å². The molecule has 4 nitrogen and oxygen atoms in total. The Kier molecular flexibility index (Phi) is 7.73. The van der Waals surface area contributed by atoms with E-state index in [1.54, 1.807) is 4.57 Å². The quantitative estimate of drug-likeness (QED) is 0.221. The molecule has 0 amide bonds. The maximum Gasteiger partial charge on any atom is 0.419 e. The molecule has 5 heteroatoms. The zero-order valence-electron chi connectivity index (χ0n) is 20.0. The molecule has 1 heterocycles. The van der Waals surface area contributed by atoms with Crippen molar-refractivity contribution in [3.05, 3.63) is 105 Å². The topological polar surface area (TPSA) is 34.5 Å². The molecule has 0 saturated carbocycles. The molecule has 0 unspecified atom stereocenters. The average Bonchev–Trinajstić information content (AvgIpc) is 3.09. The first-order valence-electron chi connectivity index (χ1n) is 11.6. The fraction of sp³-hybridized carbons (Fsp3) is 0.276. The third-order valence-electron chi connectivity index (χ3n) is 5.67. The molecule has 4 aromatic rings. The lowest BCUT2D eigenvalue weighted by atomic mass is 10.1. The van der Waals surface area contributed by atoms with Gasteiger partial charge in [-0.25, -0.2) is 9.36 Å². The molecule has 34 heavy (non-hydrogen) atoms. The van der Waals surface area contributed by atoms with Crippen LogP contribution in [0.25, 0.3) is 10.9 Å². The van der Waals surface area contributed by atoms with Crippen LogP contribution in [0, 0.1) is 3.70 Å². The number of ether oxygens (including phenoxy) is 1. The van der Waals surface area contributed by atoms with Gasteiger partial charge in [-0.2, -0.15) is 0 Å². The molecule has 0 N–H and O–H groups in total. The molecular formula is C29H31IN2O2. The third kappa shape index (κ3) is 6.07. The number of carbonyl (C=O) groups is 1. The van der Waals surface area contributed by atoms with Crippen molar-refractivity contribution in [2.75, 3.05) is 6.54 Å². The Morgan fingerprint density at radius 1 is 0.853 bits per heavy atom. The van der Waals surface area contributed by atoms with Gasteiger partial charge in [0.05, 0.1) is 9.22 Å². The molecule has 0 fully saturated rings. The Hall–Kier alpha value is -2.64. The molecule has 0 saturated heterocycles. The van der Waals surface area contributed by atoms with Crippen LogP contribution in [0.4, 0.5) is 4.79 Å². The van der Waals surface area contributed by atoms with Crippen molar-refractivity contribution in [2.45, 2.75) is 45.9 Å². The zero-order valence-corrected chi connectivity index (χ0v) is 22.2. The van der Waals surface area contributed by atoms with E-state index < -0.39 is 5.60 Å². The third-order valence-corrected chi connectivity index (χ3v) is 6.80. The van der Waals surface area contributed by atoms with Crippen LogP contribution in [0.3, 0.4) is 0 Å². The maximum atomic E-state index is 13.1. The molecule has 0 aliphatic carbocycles. The number of carbonyl (C=O) groups excluding carboxylic acids is 1. The molecule has 0 aliphatic rings. The lowest BCUT2D eigenvalue weighted by Crippen LogP contribution is -2.28. The summed E-state index contributed by atoms with van der Waals surface area (Å²) in [6.07, 6.45) is 0.513. The van der Waals surface area contributed by atoms with Crippen LogP contribution in [0.2, 0.25) is 0 Å². The summed E-state index contributed by atoms with van der Waals surface area (Å²) in [5.74, 6) is 0. The van der Waals surface area contributed by atoms with Crippen molar-refractivity contribution in [3.63, 3.8) is 0 Å². The van der Waals surface area contributed by atoms with E-state index in [0.717, 1.165) is 40.7 Å². The number of benzene rings is 3. The smallest absolute Gasteiger partial charge is 0.419 e. The number of fused-ring (bicyclic) bond motifs is 1. The van der Waals surface area contributed by atoms with Crippen molar-refractivity contribution < 1.29 is 9.53 Å². The summed E-state index contributed by atoms with van der Waals surface area (Å²) in [6.45, 7) is 8.32. The van der Waals surface area contributed by atoms with E-state index in [1.807, 2.05) is 39.0 Å². The molecule has 0 spiro atoms. The predicted molar refractivity (Wildman–Crippen MR) is 147 cm³/mol. The van der Waals surface area contributed by atoms with E-state index >= 15 is 0 Å². The van der Waals surface area contributed by atoms with Gasteiger partial charge in [-0.3, -0.25) is 4.90 Å². The van der Waals surface area contributed by atoms with E-state index in [0.29, 0.717) is 0 Å².